The highest BCUT2D eigenvalue weighted by molar-refractivity contribution is 5.94. The molecule has 0 bridgehead atoms. The molecule has 18 heavy (non-hydrogen) atoms. The Hall–Kier alpha value is -1.36. The summed E-state index contributed by atoms with van der Waals surface area (Å²) in [5.41, 5.74) is 1.83. The van der Waals surface area contributed by atoms with E-state index in [0.717, 1.165) is 17.7 Å². The second kappa shape index (κ2) is 4.39. The molecular weight excluding hydrogens is 230 g/mol. The van der Waals surface area contributed by atoms with Gasteiger partial charge in [0.15, 0.2) is 0 Å². The minimum atomic E-state index is -0.0266. The SMILES string of the molecule is CC(C)n1ncc(C(=O)N2CCCO2)c1C1CC1. The molecule has 1 saturated heterocycles. The fraction of sp³-hybridized carbons (Fsp3) is 0.692. The normalized spacial score (nSPS) is 19.8. The zero-order valence-corrected chi connectivity index (χ0v) is 10.9. The Morgan fingerprint density at radius 1 is 1.50 bits per heavy atom. The van der Waals surface area contributed by atoms with Crippen molar-refractivity contribution in [1.29, 1.82) is 0 Å². The second-order valence-corrected chi connectivity index (χ2v) is 5.35. The topological polar surface area (TPSA) is 47.4 Å². The fourth-order valence-electron chi connectivity index (χ4n) is 2.45. The van der Waals surface area contributed by atoms with Gasteiger partial charge >= 0.3 is 0 Å². The van der Waals surface area contributed by atoms with Crippen molar-refractivity contribution in [2.75, 3.05) is 13.2 Å². The van der Waals surface area contributed by atoms with Crippen molar-refractivity contribution >= 4 is 5.91 Å². The van der Waals surface area contributed by atoms with Crippen LogP contribution in [0, 0.1) is 0 Å². The molecule has 2 heterocycles. The van der Waals surface area contributed by atoms with Crippen LogP contribution < -0.4 is 0 Å². The van der Waals surface area contributed by atoms with Gasteiger partial charge in [-0.05, 0) is 33.1 Å². The Labute approximate surface area is 107 Å². The molecule has 5 heteroatoms. The molecule has 2 fully saturated rings. The molecule has 1 aliphatic heterocycles. The van der Waals surface area contributed by atoms with Gasteiger partial charge in [0.1, 0.15) is 0 Å². The van der Waals surface area contributed by atoms with Crippen LogP contribution in [-0.2, 0) is 4.84 Å². The summed E-state index contributed by atoms with van der Waals surface area (Å²) < 4.78 is 1.99. The summed E-state index contributed by atoms with van der Waals surface area (Å²) in [6.45, 7) is 5.53. The smallest absolute Gasteiger partial charge is 0.271 e. The summed E-state index contributed by atoms with van der Waals surface area (Å²) >= 11 is 0. The summed E-state index contributed by atoms with van der Waals surface area (Å²) in [7, 11) is 0. The lowest BCUT2D eigenvalue weighted by Gasteiger charge is -2.15. The molecule has 2 aliphatic rings. The maximum Gasteiger partial charge on any atom is 0.280 e. The molecule has 5 nitrogen and oxygen atoms in total. The number of amides is 1. The van der Waals surface area contributed by atoms with E-state index in [1.165, 1.54) is 17.9 Å². The first-order valence-corrected chi connectivity index (χ1v) is 6.70. The molecular formula is C13H19N3O2. The van der Waals surface area contributed by atoms with E-state index in [1.807, 2.05) is 4.68 Å². The largest absolute Gasteiger partial charge is 0.280 e. The molecule has 0 unspecified atom stereocenters. The van der Waals surface area contributed by atoms with Crippen molar-refractivity contribution < 1.29 is 9.63 Å². The predicted molar refractivity (Wildman–Crippen MR) is 66.2 cm³/mol. The summed E-state index contributed by atoms with van der Waals surface area (Å²) in [6, 6.07) is 0.293. The third kappa shape index (κ3) is 1.92. The second-order valence-electron chi connectivity index (χ2n) is 5.35. The molecule has 1 aromatic heterocycles. The van der Waals surface area contributed by atoms with E-state index in [0.29, 0.717) is 25.1 Å². The predicted octanol–water partition coefficient (Wildman–Crippen LogP) is 2.12. The highest BCUT2D eigenvalue weighted by atomic mass is 16.7. The maximum absolute atomic E-state index is 12.4. The zero-order chi connectivity index (χ0) is 12.7. The molecule has 1 saturated carbocycles. The highest BCUT2D eigenvalue weighted by Crippen LogP contribution is 2.42. The number of hydrogen-bond acceptors (Lipinski definition) is 3. The van der Waals surface area contributed by atoms with Crippen LogP contribution in [0.25, 0.3) is 0 Å². The molecule has 0 radical (unpaired) electrons. The first-order chi connectivity index (χ1) is 8.68. The lowest BCUT2D eigenvalue weighted by molar-refractivity contribution is -0.0769. The van der Waals surface area contributed by atoms with Crippen molar-refractivity contribution in [3.05, 3.63) is 17.5 Å². The lowest BCUT2D eigenvalue weighted by Crippen LogP contribution is -2.27. The van der Waals surface area contributed by atoms with Gasteiger partial charge < -0.3 is 0 Å². The Kier molecular flexibility index (Phi) is 2.86. The van der Waals surface area contributed by atoms with Crippen LogP contribution in [0.3, 0.4) is 0 Å². The van der Waals surface area contributed by atoms with Crippen molar-refractivity contribution in [3.63, 3.8) is 0 Å². The van der Waals surface area contributed by atoms with Gasteiger partial charge in [0, 0.05) is 12.0 Å². The molecule has 0 atom stereocenters. The quantitative estimate of drug-likeness (QED) is 0.824. The number of carbonyl (C=O) groups excluding carboxylic acids is 1. The zero-order valence-electron chi connectivity index (χ0n) is 10.9. The average molecular weight is 249 g/mol. The summed E-state index contributed by atoms with van der Waals surface area (Å²) in [4.78, 5) is 17.7. The number of rotatable bonds is 3. The third-order valence-corrected chi connectivity index (χ3v) is 3.50. The average Bonchev–Trinajstić information content (AvgIpc) is 2.91. The van der Waals surface area contributed by atoms with E-state index in [9.17, 15) is 4.79 Å². The molecule has 0 aromatic carbocycles. The van der Waals surface area contributed by atoms with E-state index in [1.54, 1.807) is 6.20 Å². The summed E-state index contributed by atoms with van der Waals surface area (Å²) in [5, 5.41) is 5.86. The standard InChI is InChI=1S/C13H19N3O2/c1-9(2)16-12(10-4-5-10)11(8-14-16)13(17)15-6-3-7-18-15/h8-10H,3-7H2,1-2H3. The number of hydrogen-bond donors (Lipinski definition) is 0. The maximum atomic E-state index is 12.4. The lowest BCUT2D eigenvalue weighted by atomic mass is 10.1. The molecule has 1 aromatic rings. The van der Waals surface area contributed by atoms with Gasteiger partial charge in [-0.1, -0.05) is 0 Å². The van der Waals surface area contributed by atoms with Crippen molar-refractivity contribution in [2.24, 2.45) is 0 Å². The van der Waals surface area contributed by atoms with E-state index >= 15 is 0 Å². The van der Waals surface area contributed by atoms with E-state index in [-0.39, 0.29) is 5.91 Å². The van der Waals surface area contributed by atoms with E-state index < -0.39 is 0 Å². The fourth-order valence-corrected chi connectivity index (χ4v) is 2.45. The number of carbonyl (C=O) groups is 1. The first-order valence-electron chi connectivity index (χ1n) is 6.70. The molecule has 3 rings (SSSR count). The highest BCUT2D eigenvalue weighted by Gasteiger charge is 2.35. The Bertz CT molecular complexity index is 457. The van der Waals surface area contributed by atoms with Crippen molar-refractivity contribution in [1.82, 2.24) is 14.8 Å². The summed E-state index contributed by atoms with van der Waals surface area (Å²) in [5.74, 6) is 0.484. The van der Waals surface area contributed by atoms with Crippen LogP contribution in [0.2, 0.25) is 0 Å². The van der Waals surface area contributed by atoms with E-state index in [2.05, 4.69) is 18.9 Å². The van der Waals surface area contributed by atoms with Gasteiger partial charge in [-0.2, -0.15) is 5.10 Å². The molecule has 98 valence electrons. The van der Waals surface area contributed by atoms with E-state index in [4.69, 9.17) is 4.84 Å². The van der Waals surface area contributed by atoms with Crippen molar-refractivity contribution in [2.45, 2.75) is 45.1 Å². The molecule has 0 N–H and O–H groups in total. The van der Waals surface area contributed by atoms with Crippen LogP contribution in [0.5, 0.6) is 0 Å². The van der Waals surface area contributed by atoms with Gasteiger partial charge in [-0.3, -0.25) is 14.3 Å². The molecule has 0 spiro atoms. The van der Waals surface area contributed by atoms with Gasteiger partial charge in [0.05, 0.1) is 30.6 Å². The van der Waals surface area contributed by atoms with Crippen LogP contribution in [-0.4, -0.2) is 33.9 Å². The van der Waals surface area contributed by atoms with Crippen LogP contribution >= 0.6 is 0 Å². The van der Waals surface area contributed by atoms with Crippen LogP contribution in [0.1, 0.15) is 61.1 Å². The monoisotopic (exact) mass is 249 g/mol. The number of hydroxylamine groups is 2. The first kappa shape index (κ1) is 11.7. The Morgan fingerprint density at radius 2 is 2.28 bits per heavy atom. The number of nitrogens with zero attached hydrogens (tertiary/aromatic N) is 3. The third-order valence-electron chi connectivity index (χ3n) is 3.50. The van der Waals surface area contributed by atoms with Gasteiger partial charge in [-0.25, -0.2) is 5.06 Å². The van der Waals surface area contributed by atoms with Gasteiger partial charge in [-0.15, -0.1) is 0 Å². The molecule has 1 amide bonds. The minimum absolute atomic E-state index is 0.0266. The van der Waals surface area contributed by atoms with Crippen LogP contribution in [0.15, 0.2) is 6.20 Å². The molecule has 1 aliphatic carbocycles. The van der Waals surface area contributed by atoms with Crippen molar-refractivity contribution in [3.8, 4) is 0 Å². The summed E-state index contributed by atoms with van der Waals surface area (Å²) in [6.07, 6.45) is 4.96. The Balaban J connectivity index is 1.93. The van der Waals surface area contributed by atoms with Gasteiger partial charge in [0.25, 0.3) is 5.91 Å². The van der Waals surface area contributed by atoms with Crippen LogP contribution in [0.4, 0.5) is 0 Å². The Morgan fingerprint density at radius 3 is 2.83 bits per heavy atom. The number of aromatic nitrogens is 2. The minimum Gasteiger partial charge on any atom is -0.271 e. The van der Waals surface area contributed by atoms with Gasteiger partial charge in [0.2, 0.25) is 0 Å².